The van der Waals surface area contributed by atoms with Crippen molar-refractivity contribution in [3.63, 3.8) is 0 Å². The van der Waals surface area contributed by atoms with Crippen LogP contribution < -0.4 is 9.47 Å². The molecule has 2 unspecified atom stereocenters. The van der Waals surface area contributed by atoms with Gasteiger partial charge in [0.1, 0.15) is 11.5 Å². The Labute approximate surface area is 225 Å². The van der Waals surface area contributed by atoms with E-state index in [4.69, 9.17) is 18.9 Å². The molecule has 0 heterocycles. The maximum absolute atomic E-state index is 12.0. The molecular weight excluding hydrogens is 480 g/mol. The van der Waals surface area contributed by atoms with Crippen molar-refractivity contribution in [1.82, 2.24) is 0 Å². The summed E-state index contributed by atoms with van der Waals surface area (Å²) in [5, 5.41) is 0. The SMILES string of the molecule is CCOC(=O)/C=C/c1cc2cc(c1OC)C1CCC1c1cc(cc(/C=C/C(=O)OCC)c1OC)CCCC2. The molecule has 2 aliphatic rings. The second-order valence-electron chi connectivity index (χ2n) is 9.78. The first kappa shape index (κ1) is 27.5. The molecule has 202 valence electrons. The number of carbonyl (C=O) groups excluding carboxylic acids is 2. The van der Waals surface area contributed by atoms with Crippen molar-refractivity contribution >= 4 is 24.1 Å². The van der Waals surface area contributed by atoms with E-state index in [9.17, 15) is 9.59 Å². The van der Waals surface area contributed by atoms with Gasteiger partial charge in [-0.2, -0.15) is 0 Å². The summed E-state index contributed by atoms with van der Waals surface area (Å²) < 4.78 is 22.1. The first-order valence-corrected chi connectivity index (χ1v) is 13.6. The number of carbonyl (C=O) groups is 2. The summed E-state index contributed by atoms with van der Waals surface area (Å²) in [6, 6.07) is 8.85. The number of methoxy groups -OCH3 is 2. The van der Waals surface area contributed by atoms with E-state index in [1.807, 2.05) is 12.2 Å². The molecule has 1 fully saturated rings. The molecule has 38 heavy (non-hydrogen) atoms. The maximum Gasteiger partial charge on any atom is 0.330 e. The van der Waals surface area contributed by atoms with Crippen LogP contribution in [0.3, 0.4) is 0 Å². The van der Waals surface area contributed by atoms with E-state index in [2.05, 4.69) is 24.3 Å². The Bertz CT molecular complexity index is 1130. The zero-order valence-electron chi connectivity index (χ0n) is 22.9. The Kier molecular flexibility index (Phi) is 9.27. The predicted octanol–water partition coefficient (Wildman–Crippen LogP) is 6.40. The third-order valence-electron chi connectivity index (χ3n) is 7.45. The van der Waals surface area contributed by atoms with Crippen molar-refractivity contribution in [2.75, 3.05) is 27.4 Å². The number of hydrogen-bond donors (Lipinski definition) is 0. The molecule has 0 N–H and O–H groups in total. The van der Waals surface area contributed by atoms with Crippen LogP contribution in [0.2, 0.25) is 0 Å². The molecule has 0 saturated heterocycles. The van der Waals surface area contributed by atoms with Crippen LogP contribution in [0.15, 0.2) is 36.4 Å². The summed E-state index contributed by atoms with van der Waals surface area (Å²) in [7, 11) is 3.38. The van der Waals surface area contributed by atoms with E-state index in [0.717, 1.165) is 61.2 Å². The monoisotopic (exact) mass is 518 g/mol. The van der Waals surface area contributed by atoms with Gasteiger partial charge in [-0.15, -0.1) is 0 Å². The van der Waals surface area contributed by atoms with Gasteiger partial charge >= 0.3 is 11.9 Å². The Morgan fingerprint density at radius 2 is 1.16 bits per heavy atom. The van der Waals surface area contributed by atoms with Crippen LogP contribution in [0.4, 0.5) is 0 Å². The number of esters is 2. The zero-order chi connectivity index (χ0) is 27.1. The maximum atomic E-state index is 12.0. The number of benzene rings is 2. The molecule has 6 nitrogen and oxygen atoms in total. The van der Waals surface area contributed by atoms with Crippen molar-refractivity contribution < 1.29 is 28.5 Å². The molecule has 6 heteroatoms. The average Bonchev–Trinajstić information content (AvgIpc) is 2.88. The second kappa shape index (κ2) is 12.8. The van der Waals surface area contributed by atoms with E-state index in [1.165, 1.54) is 34.4 Å². The Morgan fingerprint density at radius 3 is 1.50 bits per heavy atom. The molecule has 0 amide bonds. The molecule has 2 aliphatic carbocycles. The van der Waals surface area contributed by atoms with Crippen LogP contribution in [-0.4, -0.2) is 39.4 Å². The smallest absolute Gasteiger partial charge is 0.330 e. The number of hydrogen-bond acceptors (Lipinski definition) is 6. The minimum absolute atomic E-state index is 0.255. The molecule has 1 saturated carbocycles. The number of rotatable bonds is 8. The highest BCUT2D eigenvalue weighted by Gasteiger charge is 2.38. The van der Waals surface area contributed by atoms with Crippen molar-refractivity contribution in [2.24, 2.45) is 0 Å². The highest BCUT2D eigenvalue weighted by atomic mass is 16.5. The fourth-order valence-electron chi connectivity index (χ4n) is 5.64. The molecule has 0 spiro atoms. The predicted molar refractivity (Wildman–Crippen MR) is 149 cm³/mol. The highest BCUT2D eigenvalue weighted by Crippen LogP contribution is 2.55. The van der Waals surface area contributed by atoms with Crippen LogP contribution >= 0.6 is 0 Å². The van der Waals surface area contributed by atoms with E-state index in [0.29, 0.717) is 13.2 Å². The lowest BCUT2D eigenvalue weighted by Gasteiger charge is -2.40. The van der Waals surface area contributed by atoms with Crippen LogP contribution in [0.1, 0.15) is 84.7 Å². The molecule has 4 bridgehead atoms. The van der Waals surface area contributed by atoms with Crippen LogP contribution in [0.5, 0.6) is 11.5 Å². The quantitative estimate of drug-likeness (QED) is 0.298. The lowest BCUT2D eigenvalue weighted by molar-refractivity contribution is -0.138. The van der Waals surface area contributed by atoms with Crippen molar-refractivity contribution in [3.8, 4) is 11.5 Å². The second-order valence-corrected chi connectivity index (χ2v) is 9.78. The van der Waals surface area contributed by atoms with Gasteiger partial charge in [-0.05, 0) is 111 Å². The van der Waals surface area contributed by atoms with Gasteiger partial charge in [0.2, 0.25) is 0 Å². The summed E-state index contributed by atoms with van der Waals surface area (Å²) in [5.41, 5.74) is 6.64. The lowest BCUT2D eigenvalue weighted by atomic mass is 9.65. The molecule has 0 aromatic heterocycles. The van der Waals surface area contributed by atoms with Crippen LogP contribution in [-0.2, 0) is 31.9 Å². The average molecular weight is 519 g/mol. The largest absolute Gasteiger partial charge is 0.496 e. The summed E-state index contributed by atoms with van der Waals surface area (Å²) in [5.74, 6) is 1.40. The normalized spacial score (nSPS) is 18.6. The highest BCUT2D eigenvalue weighted by molar-refractivity contribution is 5.88. The van der Waals surface area contributed by atoms with Gasteiger partial charge in [-0.25, -0.2) is 9.59 Å². The van der Waals surface area contributed by atoms with Gasteiger partial charge in [-0.3, -0.25) is 0 Å². The molecule has 2 atom stereocenters. The minimum Gasteiger partial charge on any atom is -0.496 e. The van der Waals surface area contributed by atoms with Gasteiger partial charge in [0.15, 0.2) is 0 Å². The molecule has 2 aromatic carbocycles. The summed E-state index contributed by atoms with van der Waals surface area (Å²) in [6.45, 7) is 4.28. The van der Waals surface area contributed by atoms with Crippen molar-refractivity contribution in [3.05, 3.63) is 69.8 Å². The summed E-state index contributed by atoms with van der Waals surface area (Å²) in [4.78, 5) is 24.1. The Balaban J connectivity index is 1.79. The van der Waals surface area contributed by atoms with Gasteiger partial charge in [-0.1, -0.05) is 12.1 Å². The molecule has 4 rings (SSSR count). The first-order chi connectivity index (χ1) is 18.5. The molecule has 0 aliphatic heterocycles. The van der Waals surface area contributed by atoms with Crippen LogP contribution in [0.25, 0.3) is 12.2 Å². The van der Waals surface area contributed by atoms with Gasteiger partial charge in [0.25, 0.3) is 0 Å². The Morgan fingerprint density at radius 1 is 0.737 bits per heavy atom. The van der Waals surface area contributed by atoms with Crippen molar-refractivity contribution in [2.45, 2.75) is 64.2 Å². The number of fused-ring (bicyclic) bond motifs is 7. The lowest BCUT2D eigenvalue weighted by Crippen LogP contribution is -2.24. The van der Waals surface area contributed by atoms with E-state index in [-0.39, 0.29) is 23.8 Å². The van der Waals surface area contributed by atoms with Gasteiger partial charge in [0, 0.05) is 23.3 Å². The molecule has 0 radical (unpaired) electrons. The van der Waals surface area contributed by atoms with E-state index < -0.39 is 0 Å². The van der Waals surface area contributed by atoms with E-state index >= 15 is 0 Å². The Hall–Kier alpha value is -3.54. The van der Waals surface area contributed by atoms with E-state index in [1.54, 1.807) is 28.1 Å². The first-order valence-electron chi connectivity index (χ1n) is 13.6. The molecular formula is C32H38O6. The fraction of sp³-hybridized carbons (Fsp3) is 0.438. The standard InChI is InChI=1S/C32H38O6/c1-5-37-29(33)15-11-23-17-21-9-7-8-10-22-18-24(12-16-30(34)38-6-2)32(36-4)28(20-22)26-14-13-25(26)27(19-21)31(23)35-3/h11-12,15-20,25-26H,5-10,13-14H2,1-4H3/b15-11+,16-12+. The number of ether oxygens (including phenoxy) is 4. The fourth-order valence-corrected chi connectivity index (χ4v) is 5.64. The summed E-state index contributed by atoms with van der Waals surface area (Å²) in [6.07, 6.45) is 12.6. The van der Waals surface area contributed by atoms with Crippen LogP contribution in [0, 0.1) is 0 Å². The zero-order valence-corrected chi connectivity index (χ0v) is 22.9. The van der Waals surface area contributed by atoms with Gasteiger partial charge < -0.3 is 18.9 Å². The third-order valence-corrected chi connectivity index (χ3v) is 7.45. The number of aryl methyl sites for hydroxylation is 2. The minimum atomic E-state index is -0.359. The molecule has 2 aromatic rings. The van der Waals surface area contributed by atoms with Crippen molar-refractivity contribution in [1.29, 1.82) is 0 Å². The third kappa shape index (κ3) is 6.12. The topological polar surface area (TPSA) is 71.1 Å². The summed E-state index contributed by atoms with van der Waals surface area (Å²) >= 11 is 0. The van der Waals surface area contributed by atoms with Gasteiger partial charge in [0.05, 0.1) is 27.4 Å².